The van der Waals surface area contributed by atoms with Crippen molar-refractivity contribution < 1.29 is 9.26 Å². The first-order valence-corrected chi connectivity index (χ1v) is 7.23. The quantitative estimate of drug-likeness (QED) is 0.772. The monoisotopic (exact) mass is 259 g/mol. The van der Waals surface area contributed by atoms with E-state index in [1.165, 1.54) is 0 Å². The van der Waals surface area contributed by atoms with Gasteiger partial charge in [0.2, 0.25) is 11.7 Å². The Morgan fingerprint density at radius 1 is 1.47 bits per heavy atom. The first-order chi connectivity index (χ1) is 8.22. The molecule has 1 aromatic heterocycles. The first-order valence-electron chi connectivity index (χ1n) is 5.83. The van der Waals surface area contributed by atoms with Gasteiger partial charge in [-0.1, -0.05) is 18.5 Å². The predicted molar refractivity (Wildman–Crippen MR) is 68.9 cm³/mol. The Labute approximate surface area is 106 Å². The maximum absolute atomic E-state index is 5.96. The summed E-state index contributed by atoms with van der Waals surface area (Å²) in [6.07, 6.45) is 4.70. The lowest BCUT2D eigenvalue weighted by atomic mass is 10.2. The van der Waals surface area contributed by atoms with Crippen LogP contribution in [-0.4, -0.2) is 29.3 Å². The number of hydrogen-bond acceptors (Lipinski definition) is 6. The summed E-state index contributed by atoms with van der Waals surface area (Å²) < 4.78 is 10.5. The van der Waals surface area contributed by atoms with Gasteiger partial charge >= 0.3 is 0 Å². The van der Waals surface area contributed by atoms with E-state index in [4.69, 9.17) is 15.0 Å². The van der Waals surface area contributed by atoms with Gasteiger partial charge in [-0.25, -0.2) is 0 Å². The van der Waals surface area contributed by atoms with Gasteiger partial charge in [-0.2, -0.15) is 16.7 Å². The molecule has 0 aliphatic carbocycles. The number of hydrogen-bond donors (Lipinski definition) is 1. The molecule has 6 heteroatoms. The van der Waals surface area contributed by atoms with Crippen molar-refractivity contribution in [1.82, 2.24) is 10.1 Å². The average molecular weight is 259 g/mol. The highest BCUT2D eigenvalue weighted by atomic mass is 32.2. The van der Waals surface area contributed by atoms with Gasteiger partial charge in [0.1, 0.15) is 6.10 Å². The molecule has 0 saturated heterocycles. The molecule has 2 N–H and O–H groups in total. The lowest BCUT2D eigenvalue weighted by Crippen LogP contribution is -2.12. The highest BCUT2D eigenvalue weighted by Crippen LogP contribution is 2.21. The number of nitrogens with zero attached hydrogens (tertiary/aromatic N) is 2. The van der Waals surface area contributed by atoms with Gasteiger partial charge in [0, 0.05) is 7.11 Å². The minimum Gasteiger partial charge on any atom is -0.373 e. The van der Waals surface area contributed by atoms with Crippen molar-refractivity contribution in [1.29, 1.82) is 0 Å². The van der Waals surface area contributed by atoms with E-state index in [0.29, 0.717) is 11.7 Å². The number of thioether (sulfide) groups is 1. The lowest BCUT2D eigenvalue weighted by Gasteiger charge is -2.08. The molecule has 1 heterocycles. The zero-order valence-electron chi connectivity index (χ0n) is 10.7. The predicted octanol–water partition coefficient (Wildman–Crippen LogP) is 2.31. The Kier molecular flexibility index (Phi) is 6.54. The smallest absolute Gasteiger partial charge is 0.243 e. The molecule has 1 rings (SSSR count). The number of methoxy groups -OCH3 is 1. The average Bonchev–Trinajstić information content (AvgIpc) is 2.82. The van der Waals surface area contributed by atoms with Crippen LogP contribution >= 0.6 is 11.8 Å². The van der Waals surface area contributed by atoms with Crippen molar-refractivity contribution in [2.24, 2.45) is 5.73 Å². The van der Waals surface area contributed by atoms with E-state index >= 15 is 0 Å². The number of ether oxygens (including phenoxy) is 1. The summed E-state index contributed by atoms with van der Waals surface area (Å²) in [5.41, 5.74) is 5.96. The Morgan fingerprint density at radius 2 is 2.24 bits per heavy atom. The molecular formula is C11H21N3O2S. The van der Waals surface area contributed by atoms with Crippen molar-refractivity contribution in [3.8, 4) is 0 Å². The molecule has 0 fully saturated rings. The molecule has 2 atom stereocenters. The summed E-state index contributed by atoms with van der Waals surface area (Å²) in [6, 6.07) is -0.178. The number of aromatic nitrogens is 2. The van der Waals surface area contributed by atoms with E-state index in [9.17, 15) is 0 Å². The van der Waals surface area contributed by atoms with Gasteiger partial charge in [0.15, 0.2) is 0 Å². The Hall–Kier alpha value is -0.590. The number of rotatable bonds is 8. The highest BCUT2D eigenvalue weighted by Gasteiger charge is 2.20. The molecule has 98 valence electrons. The summed E-state index contributed by atoms with van der Waals surface area (Å²) in [5, 5.41) is 3.94. The van der Waals surface area contributed by atoms with Crippen LogP contribution in [0.4, 0.5) is 0 Å². The molecule has 1 aromatic rings. The van der Waals surface area contributed by atoms with Crippen LogP contribution in [0.5, 0.6) is 0 Å². The van der Waals surface area contributed by atoms with E-state index in [1.54, 1.807) is 18.9 Å². The third-order valence-electron chi connectivity index (χ3n) is 2.53. The maximum Gasteiger partial charge on any atom is 0.243 e. The van der Waals surface area contributed by atoms with Gasteiger partial charge in [0.05, 0.1) is 6.04 Å². The fourth-order valence-electron chi connectivity index (χ4n) is 1.51. The second-order valence-corrected chi connectivity index (χ2v) is 4.88. The molecule has 0 spiro atoms. The Morgan fingerprint density at radius 3 is 2.82 bits per heavy atom. The van der Waals surface area contributed by atoms with Crippen LogP contribution in [0, 0.1) is 0 Å². The molecular weight excluding hydrogens is 238 g/mol. The van der Waals surface area contributed by atoms with Gasteiger partial charge in [-0.15, -0.1) is 0 Å². The maximum atomic E-state index is 5.96. The van der Waals surface area contributed by atoms with Crippen molar-refractivity contribution >= 4 is 11.8 Å². The molecule has 0 aliphatic heterocycles. The minimum absolute atomic E-state index is 0.0924. The van der Waals surface area contributed by atoms with Crippen molar-refractivity contribution in [2.45, 2.75) is 38.3 Å². The van der Waals surface area contributed by atoms with Gasteiger partial charge in [-0.05, 0) is 24.9 Å². The van der Waals surface area contributed by atoms with Crippen molar-refractivity contribution in [3.05, 3.63) is 11.7 Å². The van der Waals surface area contributed by atoms with E-state index in [2.05, 4.69) is 17.1 Å². The molecule has 5 nitrogen and oxygen atoms in total. The van der Waals surface area contributed by atoms with Gasteiger partial charge in [-0.3, -0.25) is 0 Å². The van der Waals surface area contributed by atoms with E-state index in [-0.39, 0.29) is 12.1 Å². The van der Waals surface area contributed by atoms with Gasteiger partial charge < -0.3 is 15.0 Å². The van der Waals surface area contributed by atoms with E-state index in [0.717, 1.165) is 25.0 Å². The highest BCUT2D eigenvalue weighted by molar-refractivity contribution is 7.98. The molecule has 0 amide bonds. The van der Waals surface area contributed by atoms with Gasteiger partial charge in [0.25, 0.3) is 0 Å². The second kappa shape index (κ2) is 7.68. The third kappa shape index (κ3) is 4.29. The zero-order chi connectivity index (χ0) is 12.7. The minimum atomic E-state index is -0.178. The Balaban J connectivity index is 2.62. The van der Waals surface area contributed by atoms with Crippen molar-refractivity contribution in [3.63, 3.8) is 0 Å². The second-order valence-electron chi connectivity index (χ2n) is 3.89. The summed E-state index contributed by atoms with van der Waals surface area (Å²) in [6.45, 7) is 2.09. The third-order valence-corrected chi connectivity index (χ3v) is 3.17. The summed E-state index contributed by atoms with van der Waals surface area (Å²) in [4.78, 5) is 4.32. The molecule has 1 unspecified atom stereocenters. The summed E-state index contributed by atoms with van der Waals surface area (Å²) >= 11 is 1.76. The van der Waals surface area contributed by atoms with Crippen LogP contribution in [0.25, 0.3) is 0 Å². The van der Waals surface area contributed by atoms with Crippen LogP contribution in [0.2, 0.25) is 0 Å². The molecule has 0 aromatic carbocycles. The van der Waals surface area contributed by atoms with Crippen LogP contribution in [0.3, 0.4) is 0 Å². The van der Waals surface area contributed by atoms with Crippen LogP contribution in [0.15, 0.2) is 4.52 Å². The fraction of sp³-hybridized carbons (Fsp3) is 0.818. The van der Waals surface area contributed by atoms with Crippen LogP contribution in [0.1, 0.15) is 50.0 Å². The zero-order valence-corrected chi connectivity index (χ0v) is 11.5. The molecule has 0 bridgehead atoms. The largest absolute Gasteiger partial charge is 0.373 e. The summed E-state index contributed by atoms with van der Waals surface area (Å²) in [5.74, 6) is 2.10. The molecule has 0 radical (unpaired) electrons. The SMILES string of the molecule is CCCC(OC)c1noc([C@@H](N)CCSC)n1. The molecule has 0 saturated carbocycles. The topological polar surface area (TPSA) is 74.2 Å². The normalized spacial score (nSPS) is 14.8. The number of nitrogens with two attached hydrogens (primary N) is 1. The molecule has 17 heavy (non-hydrogen) atoms. The van der Waals surface area contributed by atoms with Crippen LogP contribution < -0.4 is 5.73 Å². The Bertz CT molecular complexity index is 319. The fourth-order valence-corrected chi connectivity index (χ4v) is 2.00. The standard InChI is InChI=1S/C11H21N3O2S/c1-4-5-9(15-2)10-13-11(16-14-10)8(12)6-7-17-3/h8-9H,4-7,12H2,1-3H3/t8-,9?/m0/s1. The lowest BCUT2D eigenvalue weighted by molar-refractivity contribution is 0.0854. The summed E-state index contributed by atoms with van der Waals surface area (Å²) in [7, 11) is 1.66. The van der Waals surface area contributed by atoms with E-state index < -0.39 is 0 Å². The van der Waals surface area contributed by atoms with Crippen molar-refractivity contribution in [2.75, 3.05) is 19.1 Å². The van der Waals surface area contributed by atoms with Crippen LogP contribution in [-0.2, 0) is 4.74 Å². The van der Waals surface area contributed by atoms with E-state index in [1.807, 2.05) is 6.26 Å². The first kappa shape index (κ1) is 14.5. The molecule has 0 aliphatic rings.